The van der Waals surface area contributed by atoms with Crippen LogP contribution in [0.15, 0.2) is 48.5 Å². The molecule has 0 saturated heterocycles. The molecule has 0 aliphatic carbocycles. The van der Waals surface area contributed by atoms with Gasteiger partial charge < -0.3 is 15.4 Å². The van der Waals surface area contributed by atoms with E-state index < -0.39 is 6.36 Å². The van der Waals surface area contributed by atoms with Crippen LogP contribution in [-0.4, -0.2) is 22.4 Å². The van der Waals surface area contributed by atoms with Gasteiger partial charge in [0.15, 0.2) is 0 Å². The summed E-state index contributed by atoms with van der Waals surface area (Å²) in [7, 11) is 0. The normalized spacial score (nSPS) is 11.5. The monoisotopic (exact) mass is 456 g/mol. The maximum atomic E-state index is 12.6. The van der Waals surface area contributed by atoms with E-state index >= 15 is 0 Å². The van der Waals surface area contributed by atoms with Crippen LogP contribution in [0.4, 0.5) is 30.6 Å². The second kappa shape index (κ2) is 8.97. The zero-order valence-electron chi connectivity index (χ0n) is 15.9. The molecule has 0 amide bonds. The van der Waals surface area contributed by atoms with Crippen LogP contribution in [0.2, 0.25) is 10.0 Å². The molecular formula is C20H17Cl2F3N4O. The number of halogens is 5. The molecule has 30 heavy (non-hydrogen) atoms. The van der Waals surface area contributed by atoms with Gasteiger partial charge in [-0.2, -0.15) is 4.98 Å². The minimum Gasteiger partial charge on any atom is -0.406 e. The smallest absolute Gasteiger partial charge is 0.406 e. The highest BCUT2D eigenvalue weighted by atomic mass is 35.5. The van der Waals surface area contributed by atoms with Gasteiger partial charge in [-0.05, 0) is 44.2 Å². The summed E-state index contributed by atoms with van der Waals surface area (Å²) in [5.41, 5.74) is 1.48. The number of aromatic nitrogens is 2. The third kappa shape index (κ3) is 6.14. The molecule has 1 heterocycles. The van der Waals surface area contributed by atoms with Crippen LogP contribution in [-0.2, 0) is 0 Å². The van der Waals surface area contributed by atoms with Gasteiger partial charge in [-0.15, -0.1) is 13.2 Å². The predicted molar refractivity (Wildman–Crippen MR) is 113 cm³/mol. The third-order valence-corrected chi connectivity index (χ3v) is 4.44. The van der Waals surface area contributed by atoms with Gasteiger partial charge in [0.2, 0.25) is 5.95 Å². The summed E-state index contributed by atoms with van der Waals surface area (Å²) in [5, 5.41) is 6.98. The van der Waals surface area contributed by atoms with Crippen LogP contribution in [0.5, 0.6) is 5.75 Å². The fourth-order valence-corrected chi connectivity index (χ4v) is 2.85. The van der Waals surface area contributed by atoms with Crippen molar-refractivity contribution in [3.05, 3.63) is 58.6 Å². The molecule has 0 radical (unpaired) electrons. The summed E-state index contributed by atoms with van der Waals surface area (Å²) in [6.07, 6.45) is -4.78. The Bertz CT molecular complexity index is 1040. The first kappa shape index (κ1) is 22.0. The quantitative estimate of drug-likeness (QED) is 0.421. The summed E-state index contributed by atoms with van der Waals surface area (Å²) in [5.74, 6) is 0.395. The molecule has 2 N–H and O–H groups in total. The second-order valence-corrected chi connectivity index (χ2v) is 7.40. The molecule has 0 saturated carbocycles. The van der Waals surface area contributed by atoms with Crippen molar-refractivity contribution < 1.29 is 17.9 Å². The first-order valence-corrected chi connectivity index (χ1v) is 9.58. The molecule has 1 aromatic heterocycles. The number of anilines is 3. The van der Waals surface area contributed by atoms with E-state index in [1.54, 1.807) is 30.3 Å². The number of hydrogen-bond acceptors (Lipinski definition) is 5. The third-order valence-electron chi connectivity index (χ3n) is 3.70. The summed E-state index contributed by atoms with van der Waals surface area (Å²) in [6, 6.07) is 12.2. The van der Waals surface area contributed by atoms with E-state index in [0.29, 0.717) is 38.8 Å². The Morgan fingerprint density at radius 2 is 1.73 bits per heavy atom. The van der Waals surface area contributed by atoms with Crippen molar-refractivity contribution in [3.63, 3.8) is 0 Å². The fourth-order valence-electron chi connectivity index (χ4n) is 2.56. The predicted octanol–water partition coefficient (Wildman–Crippen LogP) is 6.91. The molecule has 0 fully saturated rings. The Morgan fingerprint density at radius 3 is 2.40 bits per heavy atom. The SMILES string of the molecule is CC(C)Nc1nc(Nc2ccc(Cl)c(Cl)c2)cc(-c2cccc(OC(F)(F)F)c2)n1. The molecule has 0 aliphatic heterocycles. The Hall–Kier alpha value is -2.71. The van der Waals surface area contributed by atoms with E-state index in [1.807, 2.05) is 13.8 Å². The Balaban J connectivity index is 1.98. The van der Waals surface area contributed by atoms with Crippen LogP contribution in [0.3, 0.4) is 0 Å². The zero-order valence-corrected chi connectivity index (χ0v) is 17.4. The van der Waals surface area contributed by atoms with E-state index in [-0.39, 0.29) is 11.8 Å². The lowest BCUT2D eigenvalue weighted by Gasteiger charge is -2.14. The Labute approximate surface area is 181 Å². The zero-order chi connectivity index (χ0) is 21.9. The number of nitrogens with zero attached hydrogens (tertiary/aromatic N) is 2. The average molecular weight is 457 g/mol. The molecule has 3 aromatic rings. The molecular weight excluding hydrogens is 440 g/mol. The highest BCUT2D eigenvalue weighted by Gasteiger charge is 2.31. The maximum Gasteiger partial charge on any atom is 0.573 e. The molecule has 3 rings (SSSR count). The van der Waals surface area contributed by atoms with Crippen molar-refractivity contribution in [3.8, 4) is 17.0 Å². The van der Waals surface area contributed by atoms with Gasteiger partial charge in [-0.1, -0.05) is 35.3 Å². The molecule has 10 heteroatoms. The van der Waals surface area contributed by atoms with Crippen molar-refractivity contribution in [1.82, 2.24) is 9.97 Å². The van der Waals surface area contributed by atoms with E-state index in [0.717, 1.165) is 0 Å². The van der Waals surface area contributed by atoms with E-state index in [9.17, 15) is 13.2 Å². The number of alkyl halides is 3. The number of benzene rings is 2. The number of hydrogen-bond donors (Lipinski definition) is 2. The fraction of sp³-hybridized carbons (Fsp3) is 0.200. The summed E-state index contributed by atoms with van der Waals surface area (Å²) >= 11 is 12.0. The Morgan fingerprint density at radius 1 is 0.967 bits per heavy atom. The first-order chi connectivity index (χ1) is 14.1. The van der Waals surface area contributed by atoms with Gasteiger partial charge in [-0.3, -0.25) is 0 Å². The van der Waals surface area contributed by atoms with Crippen LogP contribution < -0.4 is 15.4 Å². The molecule has 2 aromatic carbocycles. The van der Waals surface area contributed by atoms with Crippen molar-refractivity contribution in [1.29, 1.82) is 0 Å². The van der Waals surface area contributed by atoms with Gasteiger partial charge >= 0.3 is 6.36 Å². The molecule has 5 nitrogen and oxygen atoms in total. The summed E-state index contributed by atoms with van der Waals surface area (Å²) in [6.45, 7) is 3.83. The molecule has 0 bridgehead atoms. The highest BCUT2D eigenvalue weighted by Crippen LogP contribution is 2.30. The number of rotatable bonds is 6. The lowest BCUT2D eigenvalue weighted by atomic mass is 10.1. The number of nitrogens with one attached hydrogen (secondary N) is 2. The standard InChI is InChI=1S/C20H17Cl2F3N4O/c1-11(2)26-19-28-17(12-4-3-5-14(8-12)30-20(23,24)25)10-18(29-19)27-13-6-7-15(21)16(22)9-13/h3-11H,1-2H3,(H2,26,27,28,29). The van der Waals surface area contributed by atoms with Crippen LogP contribution in [0.25, 0.3) is 11.3 Å². The van der Waals surface area contributed by atoms with Crippen LogP contribution in [0.1, 0.15) is 13.8 Å². The second-order valence-electron chi connectivity index (χ2n) is 6.59. The molecule has 0 spiro atoms. The molecule has 158 valence electrons. The summed E-state index contributed by atoms with van der Waals surface area (Å²) < 4.78 is 41.7. The van der Waals surface area contributed by atoms with Gasteiger partial charge in [0, 0.05) is 23.4 Å². The largest absolute Gasteiger partial charge is 0.573 e. The van der Waals surface area contributed by atoms with Gasteiger partial charge in [0.1, 0.15) is 11.6 Å². The van der Waals surface area contributed by atoms with E-state index in [2.05, 4.69) is 25.3 Å². The molecule has 0 aliphatic rings. The minimum absolute atomic E-state index is 0.0398. The first-order valence-electron chi connectivity index (χ1n) is 8.83. The van der Waals surface area contributed by atoms with Crippen LogP contribution in [0, 0.1) is 0 Å². The van der Waals surface area contributed by atoms with Crippen molar-refractivity contribution >= 4 is 40.7 Å². The van der Waals surface area contributed by atoms with Gasteiger partial charge in [-0.25, -0.2) is 4.98 Å². The van der Waals surface area contributed by atoms with Crippen LogP contribution >= 0.6 is 23.2 Å². The van der Waals surface area contributed by atoms with E-state index in [4.69, 9.17) is 23.2 Å². The topological polar surface area (TPSA) is 59.1 Å². The maximum absolute atomic E-state index is 12.6. The van der Waals surface area contributed by atoms with Gasteiger partial charge in [0.25, 0.3) is 0 Å². The highest BCUT2D eigenvalue weighted by molar-refractivity contribution is 6.42. The number of ether oxygens (including phenoxy) is 1. The minimum atomic E-state index is -4.78. The van der Waals surface area contributed by atoms with E-state index in [1.165, 1.54) is 18.2 Å². The Kier molecular flexibility index (Phi) is 6.58. The van der Waals surface area contributed by atoms with Crippen molar-refractivity contribution in [2.24, 2.45) is 0 Å². The lowest BCUT2D eigenvalue weighted by molar-refractivity contribution is -0.274. The van der Waals surface area contributed by atoms with Crippen molar-refractivity contribution in [2.75, 3.05) is 10.6 Å². The van der Waals surface area contributed by atoms with Gasteiger partial charge in [0.05, 0.1) is 15.7 Å². The average Bonchev–Trinajstić information content (AvgIpc) is 2.63. The lowest BCUT2D eigenvalue weighted by Crippen LogP contribution is -2.17. The molecule has 0 atom stereocenters. The van der Waals surface area contributed by atoms with Crippen molar-refractivity contribution in [2.45, 2.75) is 26.3 Å². The molecule has 0 unspecified atom stereocenters. The summed E-state index contributed by atoms with van der Waals surface area (Å²) in [4.78, 5) is 8.82.